The van der Waals surface area contributed by atoms with Gasteiger partial charge in [-0.15, -0.1) is 24.0 Å². The van der Waals surface area contributed by atoms with Gasteiger partial charge in [0.15, 0.2) is 5.96 Å². The molecule has 0 amide bonds. The first-order chi connectivity index (χ1) is 13.4. The Morgan fingerprint density at radius 2 is 2.03 bits per heavy atom. The topological polar surface area (TPSA) is 86.3 Å². The van der Waals surface area contributed by atoms with Crippen LogP contribution in [0.1, 0.15) is 19.3 Å². The van der Waals surface area contributed by atoms with E-state index in [9.17, 15) is 8.42 Å². The van der Waals surface area contributed by atoms with Crippen molar-refractivity contribution in [3.63, 3.8) is 0 Å². The quantitative estimate of drug-likeness (QED) is 0.325. The van der Waals surface area contributed by atoms with E-state index in [0.717, 1.165) is 43.8 Å². The number of guanidine groups is 1. The van der Waals surface area contributed by atoms with Crippen molar-refractivity contribution >= 4 is 45.6 Å². The van der Waals surface area contributed by atoms with Gasteiger partial charge in [-0.05, 0) is 31.4 Å². The van der Waals surface area contributed by atoms with Crippen LogP contribution < -0.4 is 20.3 Å². The van der Waals surface area contributed by atoms with Gasteiger partial charge in [0.2, 0.25) is 10.0 Å². The molecule has 1 aromatic carbocycles. The summed E-state index contributed by atoms with van der Waals surface area (Å²) in [5.74, 6) is 1.60. The maximum atomic E-state index is 11.9. The Bertz CT molecular complexity index is 805. The Morgan fingerprint density at radius 3 is 2.72 bits per heavy atom. The summed E-state index contributed by atoms with van der Waals surface area (Å²) in [6.45, 7) is 2.98. The predicted octanol–water partition coefficient (Wildman–Crippen LogP) is 1.48. The minimum atomic E-state index is -3.16. The van der Waals surface area contributed by atoms with Crippen LogP contribution in [-0.4, -0.2) is 77.4 Å². The molecule has 2 heterocycles. The molecular weight excluding hydrogens is 505 g/mol. The number of benzene rings is 1. The highest BCUT2D eigenvalue weighted by Gasteiger charge is 2.31. The molecule has 1 unspecified atom stereocenters. The van der Waals surface area contributed by atoms with E-state index in [1.54, 1.807) is 18.5 Å². The van der Waals surface area contributed by atoms with Crippen molar-refractivity contribution in [2.45, 2.75) is 31.3 Å². The highest BCUT2D eigenvalue weighted by molar-refractivity contribution is 14.0. The monoisotopic (exact) mass is 537 g/mol. The molecule has 8 nitrogen and oxygen atoms in total. The van der Waals surface area contributed by atoms with E-state index in [2.05, 4.69) is 26.6 Å². The molecular formula is C19H32IN5O3S. The molecule has 0 saturated carbocycles. The van der Waals surface area contributed by atoms with Crippen LogP contribution >= 0.6 is 24.0 Å². The van der Waals surface area contributed by atoms with Gasteiger partial charge in [0.1, 0.15) is 5.75 Å². The van der Waals surface area contributed by atoms with Crippen LogP contribution in [0.2, 0.25) is 0 Å². The summed E-state index contributed by atoms with van der Waals surface area (Å²) in [5, 5.41) is 6.78. The predicted molar refractivity (Wildman–Crippen MR) is 128 cm³/mol. The summed E-state index contributed by atoms with van der Waals surface area (Å²) in [5.41, 5.74) is 1.10. The zero-order chi connectivity index (χ0) is 20.1. The third-order valence-corrected chi connectivity index (χ3v) is 6.77. The fourth-order valence-electron chi connectivity index (χ4n) is 4.04. The second-order valence-electron chi connectivity index (χ2n) is 7.37. The number of aliphatic imine (C=N–C) groups is 1. The maximum Gasteiger partial charge on any atom is 0.211 e. The van der Waals surface area contributed by atoms with Crippen molar-refractivity contribution in [3.8, 4) is 5.75 Å². The molecule has 0 radical (unpaired) electrons. The minimum absolute atomic E-state index is 0. The second-order valence-corrected chi connectivity index (χ2v) is 9.31. The fourth-order valence-corrected chi connectivity index (χ4v) is 5.22. The van der Waals surface area contributed by atoms with Crippen LogP contribution in [0, 0.1) is 0 Å². The summed E-state index contributed by atoms with van der Waals surface area (Å²) in [6, 6.07) is 8.31. The highest BCUT2D eigenvalue weighted by atomic mass is 127. The lowest BCUT2D eigenvalue weighted by molar-refractivity contribution is 0.387. The third-order valence-electron chi connectivity index (χ3n) is 5.43. The lowest BCUT2D eigenvalue weighted by Gasteiger charge is -2.25. The van der Waals surface area contributed by atoms with Gasteiger partial charge in [0, 0.05) is 45.3 Å². The standard InChI is InChI=1S/C19H31N5O3S.HI/c1-20-19(21-13-16-7-6-11-24(16)28(3,25)26)22-15-10-12-23(14-15)17-8-4-5-9-18(17)27-2;/h4-5,8-9,15-16H,6-7,10-14H2,1-3H3,(H2,20,21,22);1H/t15?,16-;/m1./s1. The highest BCUT2D eigenvalue weighted by Crippen LogP contribution is 2.30. The van der Waals surface area contributed by atoms with Crippen LogP contribution in [0.25, 0.3) is 0 Å². The molecule has 0 spiro atoms. The summed E-state index contributed by atoms with van der Waals surface area (Å²) in [4.78, 5) is 6.63. The van der Waals surface area contributed by atoms with Crippen molar-refractivity contribution in [1.29, 1.82) is 0 Å². The summed E-state index contributed by atoms with van der Waals surface area (Å²) in [7, 11) is 0.276. The third kappa shape index (κ3) is 6.11. The molecule has 0 bridgehead atoms. The molecule has 3 rings (SSSR count). The van der Waals surface area contributed by atoms with E-state index < -0.39 is 10.0 Å². The van der Waals surface area contributed by atoms with Crippen LogP contribution in [-0.2, 0) is 10.0 Å². The molecule has 29 heavy (non-hydrogen) atoms. The van der Waals surface area contributed by atoms with Crippen LogP contribution in [0.3, 0.4) is 0 Å². The summed E-state index contributed by atoms with van der Waals surface area (Å²) < 4.78 is 30.9. The number of rotatable bonds is 6. The van der Waals surface area contributed by atoms with Gasteiger partial charge < -0.3 is 20.3 Å². The van der Waals surface area contributed by atoms with Crippen LogP contribution in [0.4, 0.5) is 5.69 Å². The minimum Gasteiger partial charge on any atom is -0.495 e. The Kier molecular flexibility index (Phi) is 8.83. The Morgan fingerprint density at radius 1 is 1.28 bits per heavy atom. The van der Waals surface area contributed by atoms with E-state index >= 15 is 0 Å². The lowest BCUT2D eigenvalue weighted by atomic mass is 10.2. The van der Waals surface area contributed by atoms with Crippen LogP contribution in [0.15, 0.2) is 29.3 Å². The molecule has 0 aromatic heterocycles. The molecule has 164 valence electrons. The summed E-state index contributed by atoms with van der Waals surface area (Å²) >= 11 is 0. The average Bonchev–Trinajstić information content (AvgIpc) is 3.34. The van der Waals surface area contributed by atoms with Gasteiger partial charge in [-0.2, -0.15) is 4.31 Å². The number of hydrogen-bond acceptors (Lipinski definition) is 5. The lowest BCUT2D eigenvalue weighted by Crippen LogP contribution is -2.49. The molecule has 2 aliphatic rings. The number of hydrogen-bond donors (Lipinski definition) is 2. The van der Waals surface area contributed by atoms with E-state index in [1.165, 1.54) is 6.26 Å². The molecule has 10 heteroatoms. The number of para-hydroxylation sites is 2. The first kappa shape index (κ1) is 24.0. The van der Waals surface area contributed by atoms with E-state index in [4.69, 9.17) is 4.74 Å². The van der Waals surface area contributed by atoms with Gasteiger partial charge in [0.25, 0.3) is 0 Å². The van der Waals surface area contributed by atoms with Gasteiger partial charge in [-0.25, -0.2) is 8.42 Å². The van der Waals surface area contributed by atoms with Gasteiger partial charge in [-0.1, -0.05) is 12.1 Å². The molecule has 1 aromatic rings. The van der Waals surface area contributed by atoms with E-state index in [-0.39, 0.29) is 36.1 Å². The smallest absolute Gasteiger partial charge is 0.211 e. The molecule has 2 N–H and O–H groups in total. The van der Waals surface area contributed by atoms with Crippen LogP contribution in [0.5, 0.6) is 5.75 Å². The first-order valence-corrected chi connectivity index (χ1v) is 11.6. The number of nitrogens with zero attached hydrogens (tertiary/aromatic N) is 3. The molecule has 2 aliphatic heterocycles. The Hall–Kier alpha value is -1.27. The van der Waals surface area contributed by atoms with Gasteiger partial charge in [-0.3, -0.25) is 4.99 Å². The summed E-state index contributed by atoms with van der Waals surface area (Å²) in [6.07, 6.45) is 4.06. The number of halogens is 1. The SMILES string of the molecule is CN=C(NC[C@H]1CCCN1S(C)(=O)=O)NC1CCN(c2ccccc2OC)C1.I. The number of methoxy groups -OCH3 is 1. The number of sulfonamides is 1. The van der Waals surface area contributed by atoms with Crippen molar-refractivity contribution < 1.29 is 13.2 Å². The van der Waals surface area contributed by atoms with Crippen molar-refractivity contribution in [1.82, 2.24) is 14.9 Å². The van der Waals surface area contributed by atoms with Crippen molar-refractivity contribution in [2.24, 2.45) is 4.99 Å². The number of nitrogens with one attached hydrogen (secondary N) is 2. The Labute approximate surface area is 191 Å². The van der Waals surface area contributed by atoms with Gasteiger partial charge in [0.05, 0.1) is 19.1 Å². The molecule has 0 aliphatic carbocycles. The van der Waals surface area contributed by atoms with E-state index in [1.807, 2.05) is 18.2 Å². The largest absolute Gasteiger partial charge is 0.495 e. The Balaban J connectivity index is 0.00000300. The normalized spacial score (nSPS) is 23.0. The zero-order valence-electron chi connectivity index (χ0n) is 17.3. The average molecular weight is 537 g/mol. The molecule has 2 saturated heterocycles. The zero-order valence-corrected chi connectivity index (χ0v) is 20.4. The number of ether oxygens (including phenoxy) is 1. The van der Waals surface area contributed by atoms with Crippen molar-refractivity contribution in [2.75, 3.05) is 51.5 Å². The maximum absolute atomic E-state index is 11.9. The fraction of sp³-hybridized carbons (Fsp3) is 0.632. The number of anilines is 1. The van der Waals surface area contributed by atoms with Gasteiger partial charge >= 0.3 is 0 Å². The first-order valence-electron chi connectivity index (χ1n) is 9.74. The molecule has 2 atom stereocenters. The second kappa shape index (κ2) is 10.7. The van der Waals surface area contributed by atoms with E-state index in [0.29, 0.717) is 19.0 Å². The molecule has 2 fully saturated rings. The van der Waals surface area contributed by atoms with Crippen molar-refractivity contribution in [3.05, 3.63) is 24.3 Å².